The predicted octanol–water partition coefficient (Wildman–Crippen LogP) is -1.53. The van der Waals surface area contributed by atoms with E-state index in [1.807, 2.05) is 0 Å². The van der Waals surface area contributed by atoms with Crippen LogP contribution in [0.3, 0.4) is 0 Å². The molecule has 0 saturated carbocycles. The standard InChI is InChI=1S/C8H4F6O5S2.Li/c9-4-1-2-6(5(10)3-4)20(15,16)7(11,12)8(13,14)21(17,18)19;/h1-3H,(H,17,18,19);/q;+1/p-1. The molecule has 14 heteroatoms. The minimum Gasteiger partial charge on any atom is -0.743 e. The number of rotatable bonds is 4. The summed E-state index contributed by atoms with van der Waals surface area (Å²) in [7, 11) is -13.7. The summed E-state index contributed by atoms with van der Waals surface area (Å²) in [6, 6.07) is -0.149. The number of benzene rings is 1. The molecule has 0 aromatic heterocycles. The molecular weight excluding hydrogens is 361 g/mol. The Bertz CT molecular complexity index is 776. The fourth-order valence-corrected chi connectivity index (χ4v) is 3.21. The van der Waals surface area contributed by atoms with E-state index >= 15 is 0 Å². The first-order valence-electron chi connectivity index (χ1n) is 4.57. The van der Waals surface area contributed by atoms with Crippen LogP contribution in [0.4, 0.5) is 26.3 Å². The summed E-state index contributed by atoms with van der Waals surface area (Å²) >= 11 is 0. The molecule has 0 aliphatic heterocycles. The minimum atomic E-state index is -7.08. The Morgan fingerprint density at radius 3 is 1.73 bits per heavy atom. The molecule has 1 aromatic rings. The van der Waals surface area contributed by atoms with E-state index in [0.717, 1.165) is 0 Å². The maximum atomic E-state index is 13.3. The van der Waals surface area contributed by atoms with E-state index in [9.17, 15) is 47.7 Å². The summed E-state index contributed by atoms with van der Waals surface area (Å²) < 4.78 is 131. The molecule has 5 nitrogen and oxygen atoms in total. The van der Waals surface area contributed by atoms with Crippen molar-refractivity contribution in [1.29, 1.82) is 0 Å². The van der Waals surface area contributed by atoms with Crippen molar-refractivity contribution >= 4 is 20.0 Å². The zero-order valence-electron chi connectivity index (χ0n) is 10.4. The van der Waals surface area contributed by atoms with Gasteiger partial charge in [0.15, 0.2) is 10.1 Å². The second-order valence-electron chi connectivity index (χ2n) is 3.57. The Balaban J connectivity index is 0.00000441. The second kappa shape index (κ2) is 6.04. The van der Waals surface area contributed by atoms with Crippen molar-refractivity contribution in [2.75, 3.05) is 0 Å². The van der Waals surface area contributed by atoms with Crippen LogP contribution in [-0.2, 0) is 20.0 Å². The number of alkyl halides is 4. The van der Waals surface area contributed by atoms with E-state index in [2.05, 4.69) is 0 Å². The largest absolute Gasteiger partial charge is 1.00 e. The molecule has 120 valence electrons. The molecule has 0 N–H and O–H groups in total. The van der Waals surface area contributed by atoms with E-state index in [4.69, 9.17) is 0 Å². The van der Waals surface area contributed by atoms with Gasteiger partial charge in [0.05, 0.1) is 0 Å². The summed E-state index contributed by atoms with van der Waals surface area (Å²) in [6.45, 7) is 0. The van der Waals surface area contributed by atoms with Crippen LogP contribution in [0.5, 0.6) is 0 Å². The van der Waals surface area contributed by atoms with Crippen LogP contribution < -0.4 is 18.9 Å². The Labute approximate surface area is 132 Å². The third-order valence-electron chi connectivity index (χ3n) is 2.17. The van der Waals surface area contributed by atoms with Gasteiger partial charge in [0.2, 0.25) is 0 Å². The number of hydrogen-bond acceptors (Lipinski definition) is 5. The zero-order valence-corrected chi connectivity index (χ0v) is 12.0. The number of hydrogen-bond donors (Lipinski definition) is 0. The van der Waals surface area contributed by atoms with Gasteiger partial charge in [-0.3, -0.25) is 0 Å². The van der Waals surface area contributed by atoms with Crippen molar-refractivity contribution < 1.29 is 66.6 Å². The van der Waals surface area contributed by atoms with Gasteiger partial charge >= 0.3 is 29.4 Å². The maximum Gasteiger partial charge on any atom is 1.00 e. The third kappa shape index (κ3) is 3.13. The molecule has 0 bridgehead atoms. The first kappa shape index (κ1) is 21.3. The van der Waals surface area contributed by atoms with E-state index in [-0.39, 0.29) is 37.1 Å². The zero-order chi connectivity index (χ0) is 16.9. The summed E-state index contributed by atoms with van der Waals surface area (Å²) in [5.74, 6) is -3.56. The molecule has 0 unspecified atom stereocenters. The molecule has 0 aliphatic carbocycles. The van der Waals surface area contributed by atoms with Crippen LogP contribution >= 0.6 is 0 Å². The van der Waals surface area contributed by atoms with Gasteiger partial charge in [0, 0.05) is 6.07 Å². The fourth-order valence-electron chi connectivity index (χ4n) is 1.13. The Morgan fingerprint density at radius 2 is 1.36 bits per heavy atom. The molecule has 0 saturated heterocycles. The first-order valence-corrected chi connectivity index (χ1v) is 7.46. The molecule has 0 amide bonds. The second-order valence-corrected chi connectivity index (χ2v) is 6.95. The predicted molar refractivity (Wildman–Crippen MR) is 53.1 cm³/mol. The van der Waals surface area contributed by atoms with Crippen LogP contribution in [0.1, 0.15) is 0 Å². The Morgan fingerprint density at radius 1 is 0.909 bits per heavy atom. The number of sulfone groups is 1. The van der Waals surface area contributed by atoms with Crippen molar-refractivity contribution in [3.63, 3.8) is 0 Å². The van der Waals surface area contributed by atoms with Gasteiger partial charge in [-0.05, 0) is 12.1 Å². The van der Waals surface area contributed by atoms with Gasteiger partial charge in [0.25, 0.3) is 9.84 Å². The topological polar surface area (TPSA) is 91.3 Å². The van der Waals surface area contributed by atoms with Crippen LogP contribution in [0, 0.1) is 11.6 Å². The average Bonchev–Trinajstić information content (AvgIpc) is 2.26. The molecule has 0 spiro atoms. The summed E-state index contributed by atoms with van der Waals surface area (Å²) in [5.41, 5.74) is 0. The maximum absolute atomic E-state index is 13.3. The molecule has 22 heavy (non-hydrogen) atoms. The monoisotopic (exact) mass is 364 g/mol. The van der Waals surface area contributed by atoms with Crippen LogP contribution in [0.2, 0.25) is 0 Å². The summed E-state index contributed by atoms with van der Waals surface area (Å²) in [4.78, 5) is -2.09. The van der Waals surface area contributed by atoms with Crippen LogP contribution in [-0.4, -0.2) is 31.9 Å². The molecular formula is C8H3F6LiO5S2. The van der Waals surface area contributed by atoms with E-state index in [0.29, 0.717) is 0 Å². The molecule has 0 atom stereocenters. The van der Waals surface area contributed by atoms with Crippen LogP contribution in [0.15, 0.2) is 23.1 Å². The van der Waals surface area contributed by atoms with E-state index in [1.165, 1.54) is 0 Å². The molecule has 1 rings (SSSR count). The van der Waals surface area contributed by atoms with E-state index < -0.39 is 47.0 Å². The Hall–Kier alpha value is -0.743. The van der Waals surface area contributed by atoms with Crippen molar-refractivity contribution in [3.05, 3.63) is 29.8 Å². The SMILES string of the molecule is O=S(=O)([O-])C(F)(F)C(F)(F)S(=O)(=O)c1ccc(F)cc1F.[Li+]. The van der Waals surface area contributed by atoms with Crippen molar-refractivity contribution in [2.24, 2.45) is 0 Å². The minimum absolute atomic E-state index is 0. The molecule has 0 aliphatic rings. The average molecular weight is 364 g/mol. The third-order valence-corrected chi connectivity index (χ3v) is 5.03. The normalized spacial score (nSPS) is 13.6. The van der Waals surface area contributed by atoms with Gasteiger partial charge in [-0.2, -0.15) is 17.6 Å². The van der Waals surface area contributed by atoms with Gasteiger partial charge in [0.1, 0.15) is 16.5 Å². The fraction of sp³-hybridized carbons (Fsp3) is 0.250. The molecule has 0 radical (unpaired) electrons. The number of halogens is 6. The van der Waals surface area contributed by atoms with Gasteiger partial charge in [-0.15, -0.1) is 0 Å². The molecule has 0 heterocycles. The van der Waals surface area contributed by atoms with Crippen LogP contribution in [0.25, 0.3) is 0 Å². The van der Waals surface area contributed by atoms with E-state index in [1.54, 1.807) is 0 Å². The quantitative estimate of drug-likeness (QED) is 0.280. The summed E-state index contributed by atoms with van der Waals surface area (Å²) in [5, 5.41) is -13.0. The van der Waals surface area contributed by atoms with Gasteiger partial charge in [-0.25, -0.2) is 25.6 Å². The van der Waals surface area contributed by atoms with Gasteiger partial charge < -0.3 is 4.55 Å². The smallest absolute Gasteiger partial charge is 0.743 e. The first-order chi connectivity index (χ1) is 9.16. The van der Waals surface area contributed by atoms with Crippen molar-refractivity contribution in [1.82, 2.24) is 0 Å². The summed E-state index contributed by atoms with van der Waals surface area (Å²) in [6.07, 6.45) is 0. The Kier molecular flexibility index (Phi) is 5.84. The van der Waals surface area contributed by atoms with Crippen molar-refractivity contribution in [3.8, 4) is 0 Å². The molecule has 1 aromatic carbocycles. The van der Waals surface area contributed by atoms with Gasteiger partial charge in [-0.1, -0.05) is 0 Å². The molecule has 0 fully saturated rings. The van der Waals surface area contributed by atoms with Crippen molar-refractivity contribution in [2.45, 2.75) is 15.4 Å².